The summed E-state index contributed by atoms with van der Waals surface area (Å²) >= 11 is 1.73. The molecule has 0 unspecified atom stereocenters. The van der Waals surface area contributed by atoms with Gasteiger partial charge in [-0.15, -0.1) is 11.3 Å². The van der Waals surface area contributed by atoms with Gasteiger partial charge in [0.2, 0.25) is 0 Å². The fraction of sp³-hybridized carbons (Fsp3) is 0.333. The molecule has 28 heavy (non-hydrogen) atoms. The van der Waals surface area contributed by atoms with Crippen LogP contribution in [0.3, 0.4) is 0 Å². The molecule has 1 aliphatic heterocycles. The quantitative estimate of drug-likeness (QED) is 0.527. The predicted molar refractivity (Wildman–Crippen MR) is 112 cm³/mol. The SMILES string of the molecule is Cc1cc2c(N3CCC(c4nccn4Cc4ccccn4)CC3)ncnc2s1. The molecule has 0 aromatic carbocycles. The third kappa shape index (κ3) is 3.26. The Hall–Kier alpha value is -2.80. The van der Waals surface area contributed by atoms with E-state index in [9.17, 15) is 0 Å². The van der Waals surface area contributed by atoms with Crippen LogP contribution in [0.4, 0.5) is 5.82 Å². The Morgan fingerprint density at radius 3 is 2.79 bits per heavy atom. The highest BCUT2D eigenvalue weighted by molar-refractivity contribution is 7.18. The van der Waals surface area contributed by atoms with Crippen molar-refractivity contribution in [3.8, 4) is 0 Å². The zero-order chi connectivity index (χ0) is 18.9. The van der Waals surface area contributed by atoms with E-state index in [0.29, 0.717) is 5.92 Å². The Labute approximate surface area is 167 Å². The summed E-state index contributed by atoms with van der Waals surface area (Å²) in [4.78, 5) is 22.9. The second kappa shape index (κ2) is 7.31. The minimum absolute atomic E-state index is 0.469. The average Bonchev–Trinajstić information content (AvgIpc) is 3.34. The highest BCUT2D eigenvalue weighted by Gasteiger charge is 2.26. The topological polar surface area (TPSA) is 59.7 Å². The number of thiophene rings is 1. The molecule has 0 amide bonds. The molecule has 1 aliphatic rings. The number of aryl methyl sites for hydroxylation is 1. The maximum absolute atomic E-state index is 4.68. The maximum Gasteiger partial charge on any atom is 0.140 e. The van der Waals surface area contributed by atoms with Gasteiger partial charge >= 0.3 is 0 Å². The summed E-state index contributed by atoms with van der Waals surface area (Å²) < 4.78 is 2.24. The first-order chi connectivity index (χ1) is 13.8. The molecule has 6 nitrogen and oxygen atoms in total. The molecule has 5 rings (SSSR count). The molecular formula is C21H22N6S. The predicted octanol–water partition coefficient (Wildman–Crippen LogP) is 4.02. The van der Waals surface area contributed by atoms with Gasteiger partial charge in [-0.1, -0.05) is 6.07 Å². The van der Waals surface area contributed by atoms with Crippen LogP contribution in [-0.4, -0.2) is 37.6 Å². The number of piperidine rings is 1. The Bertz CT molecular complexity index is 1080. The van der Waals surface area contributed by atoms with Crippen molar-refractivity contribution >= 4 is 27.4 Å². The molecule has 0 saturated carbocycles. The molecule has 142 valence electrons. The lowest BCUT2D eigenvalue weighted by molar-refractivity contribution is 0.468. The zero-order valence-corrected chi connectivity index (χ0v) is 16.6. The van der Waals surface area contributed by atoms with Crippen LogP contribution in [-0.2, 0) is 6.54 Å². The van der Waals surface area contributed by atoms with Crippen LogP contribution in [0.1, 0.15) is 35.2 Å². The summed E-state index contributed by atoms with van der Waals surface area (Å²) in [6.07, 6.45) is 9.67. The van der Waals surface area contributed by atoms with Crippen molar-refractivity contribution in [3.05, 3.63) is 65.6 Å². The summed E-state index contributed by atoms with van der Waals surface area (Å²) in [5.41, 5.74) is 1.07. The fourth-order valence-corrected chi connectivity index (χ4v) is 4.89. The number of imidazole rings is 1. The summed E-state index contributed by atoms with van der Waals surface area (Å²) in [7, 11) is 0. The summed E-state index contributed by atoms with van der Waals surface area (Å²) in [6.45, 7) is 4.88. The van der Waals surface area contributed by atoms with Crippen molar-refractivity contribution in [1.82, 2.24) is 24.5 Å². The zero-order valence-electron chi connectivity index (χ0n) is 15.8. The van der Waals surface area contributed by atoms with E-state index in [1.165, 1.54) is 16.1 Å². The van der Waals surface area contributed by atoms with Gasteiger partial charge in [-0.2, -0.15) is 0 Å². The lowest BCUT2D eigenvalue weighted by atomic mass is 9.95. The lowest BCUT2D eigenvalue weighted by Crippen LogP contribution is -2.34. The number of hydrogen-bond donors (Lipinski definition) is 0. The van der Waals surface area contributed by atoms with Crippen LogP contribution in [0, 0.1) is 6.92 Å². The van der Waals surface area contributed by atoms with Gasteiger partial charge in [-0.3, -0.25) is 4.98 Å². The number of aromatic nitrogens is 5. The number of pyridine rings is 1. The minimum Gasteiger partial charge on any atom is -0.356 e. The van der Waals surface area contributed by atoms with E-state index in [1.54, 1.807) is 17.7 Å². The van der Waals surface area contributed by atoms with E-state index < -0.39 is 0 Å². The molecular weight excluding hydrogens is 368 g/mol. The largest absolute Gasteiger partial charge is 0.356 e. The highest BCUT2D eigenvalue weighted by atomic mass is 32.1. The Morgan fingerprint density at radius 1 is 1.07 bits per heavy atom. The number of rotatable bonds is 4. The molecule has 0 aliphatic carbocycles. The van der Waals surface area contributed by atoms with E-state index in [-0.39, 0.29) is 0 Å². The molecule has 1 saturated heterocycles. The Balaban J connectivity index is 1.32. The van der Waals surface area contributed by atoms with Crippen molar-refractivity contribution < 1.29 is 0 Å². The molecule has 0 atom stereocenters. The van der Waals surface area contributed by atoms with Gasteiger partial charge in [-0.05, 0) is 38.0 Å². The van der Waals surface area contributed by atoms with E-state index in [2.05, 4.69) is 54.7 Å². The molecule has 4 aromatic rings. The highest BCUT2D eigenvalue weighted by Crippen LogP contribution is 2.34. The van der Waals surface area contributed by atoms with Crippen LogP contribution in [0.25, 0.3) is 10.2 Å². The van der Waals surface area contributed by atoms with Crippen molar-refractivity contribution in [2.45, 2.75) is 32.2 Å². The first-order valence-corrected chi connectivity index (χ1v) is 10.5. The van der Waals surface area contributed by atoms with Crippen LogP contribution < -0.4 is 4.90 Å². The smallest absolute Gasteiger partial charge is 0.140 e. The third-order valence-corrected chi connectivity index (χ3v) is 6.36. The molecule has 0 N–H and O–H groups in total. The molecule has 0 bridgehead atoms. The number of fused-ring (bicyclic) bond motifs is 1. The standard InChI is InChI=1S/C21H22N6S/c1-15-12-18-20(24-14-25-21(18)28-15)26-9-5-16(6-10-26)19-23-8-11-27(19)13-17-4-2-3-7-22-17/h2-4,7-8,11-12,14,16H,5-6,9-10,13H2,1H3. The van der Waals surface area contributed by atoms with Gasteiger partial charge in [-0.25, -0.2) is 15.0 Å². The van der Waals surface area contributed by atoms with Crippen molar-refractivity contribution in [3.63, 3.8) is 0 Å². The van der Waals surface area contributed by atoms with Gasteiger partial charge in [0.25, 0.3) is 0 Å². The maximum atomic E-state index is 4.68. The summed E-state index contributed by atoms with van der Waals surface area (Å²) in [6, 6.07) is 8.26. The average molecular weight is 391 g/mol. The lowest BCUT2D eigenvalue weighted by Gasteiger charge is -2.33. The van der Waals surface area contributed by atoms with Gasteiger partial charge in [0.05, 0.1) is 17.6 Å². The minimum atomic E-state index is 0.469. The second-order valence-electron chi connectivity index (χ2n) is 7.27. The summed E-state index contributed by atoms with van der Waals surface area (Å²) in [5.74, 6) is 2.71. The number of hydrogen-bond acceptors (Lipinski definition) is 6. The Kier molecular flexibility index (Phi) is 4.52. The van der Waals surface area contributed by atoms with Crippen LogP contribution in [0.2, 0.25) is 0 Å². The van der Waals surface area contributed by atoms with E-state index in [1.807, 2.05) is 24.5 Å². The van der Waals surface area contributed by atoms with Crippen LogP contribution >= 0.6 is 11.3 Å². The van der Waals surface area contributed by atoms with Crippen LogP contribution in [0.15, 0.2) is 49.2 Å². The third-order valence-electron chi connectivity index (χ3n) is 5.40. The molecule has 7 heteroatoms. The van der Waals surface area contributed by atoms with Gasteiger partial charge in [0.1, 0.15) is 22.8 Å². The Morgan fingerprint density at radius 2 is 1.96 bits per heavy atom. The normalized spacial score (nSPS) is 15.4. The van der Waals surface area contributed by atoms with E-state index >= 15 is 0 Å². The first-order valence-electron chi connectivity index (χ1n) is 9.65. The van der Waals surface area contributed by atoms with Gasteiger partial charge in [0, 0.05) is 42.5 Å². The molecule has 4 aromatic heterocycles. The van der Waals surface area contributed by atoms with Crippen molar-refractivity contribution in [2.75, 3.05) is 18.0 Å². The monoisotopic (exact) mass is 390 g/mol. The summed E-state index contributed by atoms with van der Waals surface area (Å²) in [5, 5.41) is 1.18. The molecule has 5 heterocycles. The first kappa shape index (κ1) is 17.3. The number of anilines is 1. The van der Waals surface area contributed by atoms with E-state index in [0.717, 1.165) is 48.8 Å². The van der Waals surface area contributed by atoms with E-state index in [4.69, 9.17) is 0 Å². The molecule has 1 fully saturated rings. The fourth-order valence-electron chi connectivity index (χ4n) is 4.05. The van der Waals surface area contributed by atoms with Crippen LogP contribution in [0.5, 0.6) is 0 Å². The molecule has 0 spiro atoms. The van der Waals surface area contributed by atoms with Crippen molar-refractivity contribution in [2.24, 2.45) is 0 Å². The second-order valence-corrected chi connectivity index (χ2v) is 8.50. The molecule has 0 radical (unpaired) electrons. The van der Waals surface area contributed by atoms with Gasteiger partial charge < -0.3 is 9.47 Å². The van der Waals surface area contributed by atoms with Gasteiger partial charge in [0.15, 0.2) is 0 Å². The number of nitrogens with zero attached hydrogens (tertiary/aromatic N) is 6. The van der Waals surface area contributed by atoms with Crippen molar-refractivity contribution in [1.29, 1.82) is 0 Å².